The Labute approximate surface area is 243 Å². The van der Waals surface area contributed by atoms with Crippen LogP contribution < -0.4 is 10.6 Å². The summed E-state index contributed by atoms with van der Waals surface area (Å²) in [5, 5.41) is 17.6. The summed E-state index contributed by atoms with van der Waals surface area (Å²) < 4.78 is 64.1. The van der Waals surface area contributed by atoms with E-state index in [4.69, 9.17) is 4.52 Å². The fourth-order valence-electron chi connectivity index (χ4n) is 5.62. The summed E-state index contributed by atoms with van der Waals surface area (Å²) in [4.78, 5) is 18.8. The Morgan fingerprint density at radius 1 is 1.21 bits per heavy atom. The van der Waals surface area contributed by atoms with E-state index in [9.17, 15) is 18.0 Å². The van der Waals surface area contributed by atoms with Crippen LogP contribution in [0.5, 0.6) is 0 Å². The number of thiophene rings is 1. The lowest BCUT2D eigenvalue weighted by molar-refractivity contribution is -0.126. The summed E-state index contributed by atoms with van der Waals surface area (Å²) in [7, 11) is 3.56. The molecule has 10 nitrogen and oxygen atoms in total. The number of anilines is 1. The van der Waals surface area contributed by atoms with Gasteiger partial charge in [0.15, 0.2) is 5.69 Å². The maximum Gasteiger partial charge on any atom is 0.393 e. The minimum Gasteiger partial charge on any atom is -0.378 e. The van der Waals surface area contributed by atoms with Gasteiger partial charge in [-0.3, -0.25) is 14.4 Å². The number of carbonyl (C=O) groups is 1. The van der Waals surface area contributed by atoms with Crippen LogP contribution in [-0.2, 0) is 20.0 Å². The molecule has 0 radical (unpaired) electrons. The molecule has 0 aliphatic carbocycles. The molecule has 0 bridgehead atoms. The van der Waals surface area contributed by atoms with Crippen LogP contribution in [0.15, 0.2) is 28.9 Å². The van der Waals surface area contributed by atoms with Gasteiger partial charge in [0.2, 0.25) is 11.7 Å². The Hall–Kier alpha value is -3.59. The van der Waals surface area contributed by atoms with E-state index in [-0.39, 0.29) is 46.5 Å². The molecule has 5 rings (SSSR count). The van der Waals surface area contributed by atoms with Gasteiger partial charge in [0.25, 0.3) is 5.91 Å². The first kappa shape index (κ1) is 29.9. The Morgan fingerprint density at radius 3 is 2.67 bits per heavy atom. The molecule has 3 aromatic heterocycles. The van der Waals surface area contributed by atoms with Crippen molar-refractivity contribution in [2.45, 2.75) is 76.5 Å². The molecule has 1 aliphatic rings. The Bertz CT molecular complexity index is 1550. The van der Waals surface area contributed by atoms with Crippen LogP contribution in [0.1, 0.15) is 55.1 Å². The van der Waals surface area contributed by atoms with E-state index >= 15 is 4.39 Å². The second-order valence-electron chi connectivity index (χ2n) is 10.5. The average molecular weight is 609 g/mol. The maximum atomic E-state index is 15.7. The van der Waals surface area contributed by atoms with Gasteiger partial charge in [-0.15, -0.1) is 16.4 Å². The van der Waals surface area contributed by atoms with Crippen molar-refractivity contribution >= 4 is 33.0 Å². The molecule has 4 aromatic rings. The third-order valence-electron chi connectivity index (χ3n) is 7.71. The zero-order valence-electron chi connectivity index (χ0n) is 23.6. The summed E-state index contributed by atoms with van der Waals surface area (Å²) >= 11 is 1.10. The number of aromatic nitrogens is 5. The molecule has 4 atom stereocenters. The monoisotopic (exact) mass is 608 g/mol. The molecular formula is C27H32F4N8O2S. The molecule has 0 saturated carbocycles. The first-order valence-corrected chi connectivity index (χ1v) is 14.5. The zero-order valence-corrected chi connectivity index (χ0v) is 24.4. The van der Waals surface area contributed by atoms with Crippen LogP contribution in [-0.4, -0.2) is 73.5 Å². The number of amides is 1. The normalized spacial score (nSPS) is 21.6. The van der Waals surface area contributed by atoms with Crippen molar-refractivity contribution in [1.29, 1.82) is 0 Å². The lowest BCUT2D eigenvalue weighted by Gasteiger charge is -2.45. The van der Waals surface area contributed by atoms with Crippen LogP contribution in [0.25, 0.3) is 20.8 Å². The van der Waals surface area contributed by atoms with E-state index in [1.54, 1.807) is 25.2 Å². The highest BCUT2D eigenvalue weighted by atomic mass is 32.1. The summed E-state index contributed by atoms with van der Waals surface area (Å²) in [6, 6.07) is 4.48. The lowest BCUT2D eigenvalue weighted by atomic mass is 9.87. The van der Waals surface area contributed by atoms with Gasteiger partial charge in [-0.2, -0.15) is 18.2 Å². The van der Waals surface area contributed by atoms with E-state index in [1.807, 2.05) is 14.0 Å². The molecule has 226 valence electrons. The summed E-state index contributed by atoms with van der Waals surface area (Å²) in [5.41, 5.74) is 0.666. The largest absolute Gasteiger partial charge is 0.393 e. The number of likely N-dealkylation sites (tertiary alicyclic amines) is 1. The van der Waals surface area contributed by atoms with Gasteiger partial charge in [0.1, 0.15) is 6.17 Å². The Morgan fingerprint density at radius 2 is 2.00 bits per heavy atom. The summed E-state index contributed by atoms with van der Waals surface area (Å²) in [5.74, 6) is -0.530. The number of fused-ring (bicyclic) bond motifs is 1. The second-order valence-corrected chi connectivity index (χ2v) is 11.5. The number of aryl methyl sites for hydroxylation is 1. The van der Waals surface area contributed by atoms with Crippen molar-refractivity contribution < 1.29 is 26.9 Å². The first-order chi connectivity index (χ1) is 20.0. The van der Waals surface area contributed by atoms with Crippen LogP contribution in [0.2, 0.25) is 0 Å². The van der Waals surface area contributed by atoms with E-state index in [2.05, 4.69) is 42.9 Å². The smallest absolute Gasteiger partial charge is 0.378 e. The van der Waals surface area contributed by atoms with E-state index in [1.165, 1.54) is 10.9 Å². The highest BCUT2D eigenvalue weighted by Crippen LogP contribution is 2.44. The van der Waals surface area contributed by atoms with Crippen molar-refractivity contribution in [3.05, 3.63) is 41.5 Å². The topological polar surface area (TPSA) is 114 Å². The molecule has 4 heterocycles. The van der Waals surface area contributed by atoms with Crippen molar-refractivity contribution in [3.63, 3.8) is 0 Å². The third-order valence-corrected chi connectivity index (χ3v) is 8.99. The number of piperidine rings is 1. The summed E-state index contributed by atoms with van der Waals surface area (Å²) in [6.07, 6.45) is -3.33. The number of nitrogens with one attached hydrogen (secondary N) is 2. The van der Waals surface area contributed by atoms with E-state index in [0.29, 0.717) is 28.6 Å². The number of hydrogen-bond donors (Lipinski definition) is 2. The number of benzene rings is 1. The number of alkyl halides is 4. The van der Waals surface area contributed by atoms with Crippen molar-refractivity contribution in [1.82, 2.24) is 35.4 Å². The molecule has 15 heteroatoms. The number of carbonyl (C=O) groups excluding carboxylic acids is 1. The van der Waals surface area contributed by atoms with E-state index < -0.39 is 30.7 Å². The van der Waals surface area contributed by atoms with Crippen molar-refractivity contribution in [3.8, 4) is 10.7 Å². The Kier molecular flexibility index (Phi) is 8.51. The van der Waals surface area contributed by atoms with E-state index in [0.717, 1.165) is 17.8 Å². The highest BCUT2D eigenvalue weighted by Gasteiger charge is 2.40. The highest BCUT2D eigenvalue weighted by molar-refractivity contribution is 7.23. The molecule has 4 unspecified atom stereocenters. The van der Waals surface area contributed by atoms with Gasteiger partial charge in [-0.1, -0.05) is 36.4 Å². The van der Waals surface area contributed by atoms with Crippen LogP contribution in [0, 0.1) is 0 Å². The maximum absolute atomic E-state index is 15.7. The van der Waals surface area contributed by atoms with Crippen molar-refractivity contribution in [2.24, 2.45) is 7.05 Å². The average Bonchev–Trinajstić information content (AvgIpc) is 3.68. The van der Waals surface area contributed by atoms with Crippen LogP contribution >= 0.6 is 11.3 Å². The lowest BCUT2D eigenvalue weighted by Crippen LogP contribution is -2.57. The zero-order chi connectivity index (χ0) is 30.2. The molecule has 1 fully saturated rings. The Balaban J connectivity index is 1.45. The standard InChI is InChI=1S/C27H32F4N8O2S/c1-5-14-10-18(22(28)20(6-2)39(14)4)33-17-9-7-8-15-16(11-27(29,30)31)24(42-23(15)17)25-34-21(41-36-25)12-32-26(40)19-13-38(3)37-35-19/h7-9,13-14,18,20,22,33H,5-6,10-12H2,1-4H3,(H,32,40). The first-order valence-electron chi connectivity index (χ1n) is 13.7. The fourth-order valence-corrected chi connectivity index (χ4v) is 6.84. The van der Waals surface area contributed by atoms with Gasteiger partial charge in [0, 0.05) is 19.1 Å². The predicted molar refractivity (Wildman–Crippen MR) is 150 cm³/mol. The molecule has 1 saturated heterocycles. The minimum atomic E-state index is -4.50. The van der Waals surface area contributed by atoms with Gasteiger partial charge in [0.05, 0.1) is 40.5 Å². The molecule has 1 aliphatic heterocycles. The molecule has 2 N–H and O–H groups in total. The predicted octanol–water partition coefficient (Wildman–Crippen LogP) is 5.13. The number of hydrogen-bond acceptors (Lipinski definition) is 9. The fraction of sp³-hybridized carbons (Fsp3) is 0.519. The van der Waals surface area contributed by atoms with Gasteiger partial charge in [-0.25, -0.2) is 4.39 Å². The molecule has 1 amide bonds. The van der Waals surface area contributed by atoms with Crippen LogP contribution in [0.3, 0.4) is 0 Å². The molecule has 1 aromatic carbocycles. The van der Waals surface area contributed by atoms with Crippen LogP contribution in [0.4, 0.5) is 23.2 Å². The quantitative estimate of drug-likeness (QED) is 0.252. The molecule has 42 heavy (non-hydrogen) atoms. The van der Waals surface area contributed by atoms with Gasteiger partial charge in [-0.05, 0) is 43.3 Å². The number of nitrogens with zero attached hydrogens (tertiary/aromatic N) is 6. The summed E-state index contributed by atoms with van der Waals surface area (Å²) in [6.45, 7) is 3.87. The SMILES string of the molecule is CCC1CC(Nc2cccc3c(CC(F)(F)F)c(-c4noc(CNC(=O)c5cn(C)nn5)n4)sc23)C(F)C(CC)N1C. The van der Waals surface area contributed by atoms with Gasteiger partial charge < -0.3 is 15.2 Å². The second kappa shape index (κ2) is 12.0. The third kappa shape index (κ3) is 6.11. The molecule has 0 spiro atoms. The number of rotatable bonds is 9. The number of halogens is 4. The van der Waals surface area contributed by atoms with Crippen molar-refractivity contribution in [2.75, 3.05) is 12.4 Å². The van der Waals surface area contributed by atoms with Gasteiger partial charge >= 0.3 is 6.18 Å². The molecular weight excluding hydrogens is 576 g/mol. The minimum absolute atomic E-state index is 0.0128.